The Morgan fingerprint density at radius 2 is 1.28 bits per heavy atom. The molecule has 25 heavy (non-hydrogen) atoms. The van der Waals surface area contributed by atoms with Crippen molar-refractivity contribution in [1.29, 1.82) is 0 Å². The van der Waals surface area contributed by atoms with E-state index in [9.17, 15) is 8.78 Å². The molecule has 0 aromatic heterocycles. The Kier molecular flexibility index (Phi) is 6.16. The maximum atomic E-state index is 13.3. The fourth-order valence-corrected chi connectivity index (χ4v) is 3.53. The number of hydrogen-bond acceptors (Lipinski definition) is 2. The predicted octanol–water partition coefficient (Wildman–Crippen LogP) is 4.47. The van der Waals surface area contributed by atoms with Crippen molar-refractivity contribution in [3.05, 3.63) is 71.3 Å². The monoisotopic (exact) mass is 344 g/mol. The average Bonchev–Trinajstić information content (AvgIpc) is 2.64. The third kappa shape index (κ3) is 4.65. The molecule has 3 rings (SSSR count). The van der Waals surface area contributed by atoms with Crippen LogP contribution in [0.15, 0.2) is 48.5 Å². The number of benzene rings is 2. The topological polar surface area (TPSA) is 6.48 Å². The molecule has 1 fully saturated rings. The molecule has 0 aliphatic carbocycles. The van der Waals surface area contributed by atoms with Crippen LogP contribution in [-0.2, 0) is 0 Å². The van der Waals surface area contributed by atoms with Crippen LogP contribution in [0.3, 0.4) is 0 Å². The van der Waals surface area contributed by atoms with E-state index in [1.54, 1.807) is 0 Å². The maximum Gasteiger partial charge on any atom is 0.123 e. The molecule has 2 aromatic rings. The molecule has 0 amide bonds. The van der Waals surface area contributed by atoms with Crippen LogP contribution in [-0.4, -0.2) is 42.5 Å². The molecule has 0 radical (unpaired) electrons. The number of nitrogens with zero attached hydrogens (tertiary/aromatic N) is 2. The Labute approximate surface area is 149 Å². The van der Waals surface area contributed by atoms with Gasteiger partial charge in [-0.3, -0.25) is 4.90 Å². The summed E-state index contributed by atoms with van der Waals surface area (Å²) < 4.78 is 26.7. The Morgan fingerprint density at radius 1 is 0.800 bits per heavy atom. The largest absolute Gasteiger partial charge is 0.301 e. The van der Waals surface area contributed by atoms with E-state index in [0.717, 1.165) is 43.9 Å². The number of piperazine rings is 1. The molecule has 0 spiro atoms. The van der Waals surface area contributed by atoms with Crippen LogP contribution in [0.2, 0.25) is 0 Å². The molecule has 0 N–H and O–H groups in total. The van der Waals surface area contributed by atoms with E-state index in [4.69, 9.17) is 0 Å². The van der Waals surface area contributed by atoms with Crippen LogP contribution >= 0.6 is 0 Å². The molecule has 1 aliphatic heterocycles. The van der Waals surface area contributed by atoms with Gasteiger partial charge in [-0.05, 0) is 48.4 Å². The molecule has 1 aliphatic rings. The highest BCUT2D eigenvalue weighted by atomic mass is 19.1. The second kappa shape index (κ2) is 8.54. The van der Waals surface area contributed by atoms with Gasteiger partial charge in [0.1, 0.15) is 11.6 Å². The summed E-state index contributed by atoms with van der Waals surface area (Å²) in [6, 6.07) is 13.4. The van der Waals surface area contributed by atoms with Crippen LogP contribution < -0.4 is 0 Å². The highest BCUT2D eigenvalue weighted by Crippen LogP contribution is 2.30. The minimum Gasteiger partial charge on any atom is -0.301 e. The smallest absolute Gasteiger partial charge is 0.123 e. The van der Waals surface area contributed by atoms with Gasteiger partial charge in [0.05, 0.1) is 6.04 Å². The summed E-state index contributed by atoms with van der Waals surface area (Å²) in [5, 5.41) is 0. The molecule has 2 aromatic carbocycles. The lowest BCUT2D eigenvalue weighted by atomic mass is 9.96. The summed E-state index contributed by atoms with van der Waals surface area (Å²) in [6.45, 7) is 7.38. The Bertz CT molecular complexity index is 601. The van der Waals surface area contributed by atoms with Crippen molar-refractivity contribution in [2.45, 2.75) is 25.8 Å². The van der Waals surface area contributed by atoms with Crippen molar-refractivity contribution in [3.8, 4) is 0 Å². The van der Waals surface area contributed by atoms with Gasteiger partial charge in [-0.15, -0.1) is 0 Å². The van der Waals surface area contributed by atoms with E-state index in [-0.39, 0.29) is 17.7 Å². The lowest BCUT2D eigenvalue weighted by Crippen LogP contribution is -2.48. The molecule has 0 unspecified atom stereocenters. The average molecular weight is 344 g/mol. The van der Waals surface area contributed by atoms with Crippen molar-refractivity contribution in [1.82, 2.24) is 9.80 Å². The first-order valence-corrected chi connectivity index (χ1v) is 9.14. The maximum absolute atomic E-state index is 13.3. The van der Waals surface area contributed by atoms with Gasteiger partial charge in [-0.25, -0.2) is 8.78 Å². The van der Waals surface area contributed by atoms with Crippen molar-refractivity contribution in [3.63, 3.8) is 0 Å². The first kappa shape index (κ1) is 18.0. The van der Waals surface area contributed by atoms with Crippen LogP contribution in [0.25, 0.3) is 0 Å². The Balaban J connectivity index is 1.80. The summed E-state index contributed by atoms with van der Waals surface area (Å²) in [7, 11) is 0. The fourth-order valence-electron chi connectivity index (χ4n) is 3.53. The zero-order valence-corrected chi connectivity index (χ0v) is 14.8. The van der Waals surface area contributed by atoms with Crippen LogP contribution in [0.4, 0.5) is 8.78 Å². The van der Waals surface area contributed by atoms with Gasteiger partial charge in [0.15, 0.2) is 0 Å². The van der Waals surface area contributed by atoms with Crippen molar-refractivity contribution in [2.24, 2.45) is 0 Å². The highest BCUT2D eigenvalue weighted by Gasteiger charge is 2.26. The summed E-state index contributed by atoms with van der Waals surface area (Å²) >= 11 is 0. The summed E-state index contributed by atoms with van der Waals surface area (Å²) in [4.78, 5) is 4.93. The number of unbranched alkanes of at least 4 members (excludes halogenated alkanes) is 1. The van der Waals surface area contributed by atoms with Gasteiger partial charge in [-0.2, -0.15) is 0 Å². The van der Waals surface area contributed by atoms with E-state index in [0.29, 0.717) is 0 Å². The van der Waals surface area contributed by atoms with E-state index in [1.807, 2.05) is 24.3 Å². The third-order valence-corrected chi connectivity index (χ3v) is 4.97. The van der Waals surface area contributed by atoms with Gasteiger partial charge < -0.3 is 4.90 Å². The van der Waals surface area contributed by atoms with Crippen molar-refractivity contribution >= 4 is 0 Å². The van der Waals surface area contributed by atoms with Crippen LogP contribution in [0, 0.1) is 11.6 Å². The fraction of sp³-hybridized carbons (Fsp3) is 0.429. The molecule has 0 bridgehead atoms. The molecule has 0 atom stereocenters. The van der Waals surface area contributed by atoms with E-state index in [2.05, 4.69) is 16.7 Å². The van der Waals surface area contributed by atoms with Gasteiger partial charge >= 0.3 is 0 Å². The normalized spacial score (nSPS) is 16.5. The quantitative estimate of drug-likeness (QED) is 0.763. The number of halogens is 2. The SMILES string of the molecule is CCCCN1CCN(C(c2ccc(F)cc2)c2ccc(F)cc2)CC1. The zero-order valence-electron chi connectivity index (χ0n) is 14.8. The van der Waals surface area contributed by atoms with Gasteiger partial charge in [0, 0.05) is 26.2 Å². The molecule has 4 heteroatoms. The first-order chi connectivity index (χ1) is 12.2. The Morgan fingerprint density at radius 3 is 1.72 bits per heavy atom. The van der Waals surface area contributed by atoms with E-state index >= 15 is 0 Å². The second-order valence-electron chi connectivity index (χ2n) is 6.74. The van der Waals surface area contributed by atoms with Crippen molar-refractivity contribution < 1.29 is 8.78 Å². The first-order valence-electron chi connectivity index (χ1n) is 9.14. The predicted molar refractivity (Wildman–Crippen MR) is 97.6 cm³/mol. The van der Waals surface area contributed by atoms with Crippen LogP contribution in [0.5, 0.6) is 0 Å². The standard InChI is InChI=1S/C21H26F2N2/c1-2-3-12-24-13-15-25(16-14-24)21(17-4-8-19(22)9-5-17)18-6-10-20(23)11-7-18/h4-11,21H,2-3,12-16H2,1H3. The van der Waals surface area contributed by atoms with E-state index < -0.39 is 0 Å². The highest BCUT2D eigenvalue weighted by molar-refractivity contribution is 5.32. The lowest BCUT2D eigenvalue weighted by Gasteiger charge is -2.39. The summed E-state index contributed by atoms with van der Waals surface area (Å²) in [6.07, 6.45) is 2.45. The molecule has 1 heterocycles. The Hall–Kier alpha value is -1.78. The van der Waals surface area contributed by atoms with Gasteiger partial charge in [0.25, 0.3) is 0 Å². The second-order valence-corrected chi connectivity index (χ2v) is 6.74. The minimum absolute atomic E-state index is 0.0366. The van der Waals surface area contributed by atoms with Crippen LogP contribution in [0.1, 0.15) is 36.9 Å². The molecule has 1 saturated heterocycles. The van der Waals surface area contributed by atoms with Gasteiger partial charge in [0.2, 0.25) is 0 Å². The van der Waals surface area contributed by atoms with Crippen molar-refractivity contribution in [2.75, 3.05) is 32.7 Å². The van der Waals surface area contributed by atoms with Gasteiger partial charge in [-0.1, -0.05) is 37.6 Å². The molecular weight excluding hydrogens is 318 g/mol. The third-order valence-electron chi connectivity index (χ3n) is 4.97. The summed E-state index contributed by atoms with van der Waals surface area (Å²) in [5.41, 5.74) is 2.10. The number of hydrogen-bond donors (Lipinski definition) is 0. The lowest BCUT2D eigenvalue weighted by molar-refractivity contribution is 0.108. The molecule has 134 valence electrons. The van der Waals surface area contributed by atoms with E-state index in [1.165, 1.54) is 37.1 Å². The molecular formula is C21H26F2N2. The molecule has 2 nitrogen and oxygen atoms in total. The minimum atomic E-state index is -0.231. The summed E-state index contributed by atoms with van der Waals surface area (Å²) in [5.74, 6) is -0.461. The molecule has 0 saturated carbocycles. The zero-order chi connectivity index (χ0) is 17.6. The number of rotatable bonds is 6.